The molecule has 0 N–H and O–H groups in total. The van der Waals surface area contributed by atoms with Crippen LogP contribution in [-0.4, -0.2) is 0 Å². The SMILES string of the molecule is FC(F)(F)c1cc(-c2ccccc2)cc(-c2ccccc2)c1Cl. The molecule has 0 aromatic heterocycles. The van der Waals surface area contributed by atoms with Gasteiger partial charge in [0.2, 0.25) is 0 Å². The first-order valence-electron chi connectivity index (χ1n) is 6.98. The maximum atomic E-state index is 13.4. The van der Waals surface area contributed by atoms with Crippen LogP contribution < -0.4 is 0 Å². The van der Waals surface area contributed by atoms with E-state index in [9.17, 15) is 13.2 Å². The molecule has 0 heterocycles. The first-order chi connectivity index (χ1) is 11.0. The molecule has 0 unspecified atom stereocenters. The zero-order valence-corrected chi connectivity index (χ0v) is 12.7. The molecule has 0 fully saturated rings. The second-order valence-corrected chi connectivity index (χ2v) is 5.49. The molecule has 0 atom stereocenters. The van der Waals surface area contributed by atoms with Crippen LogP contribution in [0.2, 0.25) is 5.02 Å². The Morgan fingerprint density at radius 3 is 1.70 bits per heavy atom. The van der Waals surface area contributed by atoms with E-state index < -0.39 is 11.7 Å². The number of benzene rings is 3. The summed E-state index contributed by atoms with van der Waals surface area (Å²) in [5, 5.41) is -0.275. The van der Waals surface area contributed by atoms with Crippen molar-refractivity contribution in [2.24, 2.45) is 0 Å². The second kappa shape index (κ2) is 6.09. The minimum atomic E-state index is -4.51. The van der Waals surface area contributed by atoms with Gasteiger partial charge in [-0.2, -0.15) is 13.2 Å². The van der Waals surface area contributed by atoms with E-state index in [-0.39, 0.29) is 5.02 Å². The lowest BCUT2D eigenvalue weighted by molar-refractivity contribution is -0.137. The molecule has 4 heteroatoms. The van der Waals surface area contributed by atoms with E-state index >= 15 is 0 Å². The molecule has 0 saturated heterocycles. The van der Waals surface area contributed by atoms with Crippen molar-refractivity contribution in [3.63, 3.8) is 0 Å². The van der Waals surface area contributed by atoms with Crippen LogP contribution in [0.25, 0.3) is 22.3 Å². The first kappa shape index (κ1) is 15.6. The maximum Gasteiger partial charge on any atom is 0.417 e. The molecular weight excluding hydrogens is 321 g/mol. The Hall–Kier alpha value is -2.26. The number of hydrogen-bond donors (Lipinski definition) is 0. The van der Waals surface area contributed by atoms with Crippen LogP contribution in [0.1, 0.15) is 5.56 Å². The second-order valence-electron chi connectivity index (χ2n) is 5.12. The summed E-state index contributed by atoms with van der Waals surface area (Å²) < 4.78 is 40.1. The van der Waals surface area contributed by atoms with Crippen molar-refractivity contribution in [3.8, 4) is 22.3 Å². The van der Waals surface area contributed by atoms with Gasteiger partial charge >= 0.3 is 6.18 Å². The van der Waals surface area contributed by atoms with Crippen molar-refractivity contribution >= 4 is 11.6 Å². The summed E-state index contributed by atoms with van der Waals surface area (Å²) in [5.74, 6) is 0. The summed E-state index contributed by atoms with van der Waals surface area (Å²) >= 11 is 6.07. The Kier molecular flexibility index (Phi) is 4.14. The van der Waals surface area contributed by atoms with Gasteiger partial charge < -0.3 is 0 Å². The molecule has 3 aromatic rings. The first-order valence-corrected chi connectivity index (χ1v) is 7.36. The van der Waals surface area contributed by atoms with Gasteiger partial charge in [-0.25, -0.2) is 0 Å². The van der Waals surface area contributed by atoms with Gasteiger partial charge in [0.15, 0.2) is 0 Å². The quantitative estimate of drug-likeness (QED) is 0.490. The Morgan fingerprint density at radius 1 is 0.652 bits per heavy atom. The van der Waals surface area contributed by atoms with Crippen LogP contribution in [0, 0.1) is 0 Å². The molecule has 0 spiro atoms. The summed E-state index contributed by atoms with van der Waals surface area (Å²) in [6, 6.07) is 20.6. The Bertz CT molecular complexity index is 809. The molecule has 3 rings (SSSR count). The van der Waals surface area contributed by atoms with E-state index in [0.29, 0.717) is 22.3 Å². The van der Waals surface area contributed by atoms with Crippen molar-refractivity contribution in [1.82, 2.24) is 0 Å². The van der Waals surface area contributed by atoms with Gasteiger partial charge in [0.1, 0.15) is 0 Å². The smallest absolute Gasteiger partial charge is 0.166 e. The summed E-state index contributed by atoms with van der Waals surface area (Å²) in [5.41, 5.74) is 1.41. The zero-order valence-electron chi connectivity index (χ0n) is 11.9. The van der Waals surface area contributed by atoms with Crippen molar-refractivity contribution < 1.29 is 13.2 Å². The van der Waals surface area contributed by atoms with E-state index in [1.54, 1.807) is 54.6 Å². The average Bonchev–Trinajstić information content (AvgIpc) is 2.55. The number of alkyl halides is 3. The van der Waals surface area contributed by atoms with E-state index in [2.05, 4.69) is 0 Å². The maximum absolute atomic E-state index is 13.4. The van der Waals surface area contributed by atoms with E-state index in [1.807, 2.05) is 12.1 Å². The molecule has 0 radical (unpaired) electrons. The fraction of sp³-hybridized carbons (Fsp3) is 0.0526. The zero-order chi connectivity index (χ0) is 16.4. The van der Waals surface area contributed by atoms with Crippen LogP contribution in [0.15, 0.2) is 72.8 Å². The van der Waals surface area contributed by atoms with Gasteiger partial charge in [-0.1, -0.05) is 72.3 Å². The van der Waals surface area contributed by atoms with Gasteiger partial charge in [-0.3, -0.25) is 0 Å². The molecule has 0 nitrogen and oxygen atoms in total. The topological polar surface area (TPSA) is 0 Å². The van der Waals surface area contributed by atoms with Crippen LogP contribution >= 0.6 is 11.6 Å². The Morgan fingerprint density at radius 2 is 1.17 bits per heavy atom. The third kappa shape index (κ3) is 3.25. The third-order valence-corrected chi connectivity index (χ3v) is 3.98. The molecule has 0 aliphatic rings. The highest BCUT2D eigenvalue weighted by atomic mass is 35.5. The molecule has 0 saturated carbocycles. The minimum absolute atomic E-state index is 0.275. The van der Waals surface area contributed by atoms with Gasteiger partial charge in [0, 0.05) is 5.56 Å². The monoisotopic (exact) mass is 332 g/mol. The summed E-state index contributed by atoms with van der Waals surface area (Å²) in [7, 11) is 0. The normalized spacial score (nSPS) is 11.5. The van der Waals surface area contributed by atoms with E-state index in [4.69, 9.17) is 11.6 Å². The number of halogens is 4. The lowest BCUT2D eigenvalue weighted by Crippen LogP contribution is -2.07. The largest absolute Gasteiger partial charge is 0.417 e. The third-order valence-electron chi connectivity index (χ3n) is 3.57. The van der Waals surface area contributed by atoms with Gasteiger partial charge in [-0.15, -0.1) is 0 Å². The predicted octanol–water partition coefficient (Wildman–Crippen LogP) is 6.69. The Balaban J connectivity index is 2.27. The molecular formula is C19H12ClF3. The van der Waals surface area contributed by atoms with Crippen LogP contribution in [-0.2, 0) is 6.18 Å². The molecule has 23 heavy (non-hydrogen) atoms. The highest BCUT2D eigenvalue weighted by molar-refractivity contribution is 6.34. The minimum Gasteiger partial charge on any atom is -0.166 e. The molecule has 0 aliphatic heterocycles. The van der Waals surface area contributed by atoms with Crippen molar-refractivity contribution in [2.75, 3.05) is 0 Å². The number of hydrogen-bond acceptors (Lipinski definition) is 0. The molecule has 3 aromatic carbocycles. The van der Waals surface area contributed by atoms with Gasteiger partial charge in [0.25, 0.3) is 0 Å². The van der Waals surface area contributed by atoms with Crippen LogP contribution in [0.3, 0.4) is 0 Å². The predicted molar refractivity (Wildman–Crippen MR) is 87.3 cm³/mol. The van der Waals surface area contributed by atoms with Crippen molar-refractivity contribution in [2.45, 2.75) is 6.18 Å². The van der Waals surface area contributed by atoms with Crippen LogP contribution in [0.4, 0.5) is 13.2 Å². The molecule has 116 valence electrons. The average molecular weight is 333 g/mol. The number of rotatable bonds is 2. The summed E-state index contributed by atoms with van der Waals surface area (Å²) in [4.78, 5) is 0. The molecule has 0 amide bonds. The highest BCUT2D eigenvalue weighted by Crippen LogP contribution is 2.42. The standard InChI is InChI=1S/C19H12ClF3/c20-18-16(14-9-5-2-6-10-14)11-15(12-17(18)19(21,22)23)13-7-3-1-4-8-13/h1-12H. The van der Waals surface area contributed by atoms with Crippen molar-refractivity contribution in [1.29, 1.82) is 0 Å². The molecule has 0 bridgehead atoms. The van der Waals surface area contributed by atoms with E-state index in [1.165, 1.54) is 0 Å². The van der Waals surface area contributed by atoms with Crippen LogP contribution in [0.5, 0.6) is 0 Å². The lowest BCUT2D eigenvalue weighted by Gasteiger charge is -2.15. The van der Waals surface area contributed by atoms with Crippen molar-refractivity contribution in [3.05, 3.63) is 83.4 Å². The lowest BCUT2D eigenvalue weighted by atomic mass is 9.95. The van der Waals surface area contributed by atoms with Gasteiger partial charge in [-0.05, 0) is 28.8 Å². The fourth-order valence-electron chi connectivity index (χ4n) is 2.46. The Labute approximate surface area is 137 Å². The molecule has 0 aliphatic carbocycles. The highest BCUT2D eigenvalue weighted by Gasteiger charge is 2.34. The van der Waals surface area contributed by atoms with Gasteiger partial charge in [0.05, 0.1) is 10.6 Å². The van der Waals surface area contributed by atoms with E-state index in [0.717, 1.165) is 6.07 Å². The summed E-state index contributed by atoms with van der Waals surface area (Å²) in [6.07, 6.45) is -4.51. The fourth-order valence-corrected chi connectivity index (χ4v) is 2.78. The summed E-state index contributed by atoms with van der Waals surface area (Å²) in [6.45, 7) is 0.